The van der Waals surface area contributed by atoms with Gasteiger partial charge in [0.2, 0.25) is 0 Å². The van der Waals surface area contributed by atoms with E-state index in [9.17, 15) is 18.0 Å². The molecule has 1 unspecified atom stereocenters. The number of rotatable bonds is 4. The molecule has 3 aromatic rings. The number of nitrogens with zero attached hydrogens (tertiary/aromatic N) is 5. The quantitative estimate of drug-likeness (QED) is 0.704. The maximum Gasteiger partial charge on any atom is 0.417 e. The van der Waals surface area contributed by atoms with Crippen molar-refractivity contribution in [2.24, 2.45) is 0 Å². The minimum absolute atomic E-state index is 0.0814. The molecule has 1 saturated heterocycles. The van der Waals surface area contributed by atoms with Gasteiger partial charge in [0.1, 0.15) is 11.6 Å². The predicted molar refractivity (Wildman–Crippen MR) is 104 cm³/mol. The van der Waals surface area contributed by atoms with Crippen LogP contribution in [0, 0.1) is 0 Å². The van der Waals surface area contributed by atoms with E-state index in [4.69, 9.17) is 0 Å². The van der Waals surface area contributed by atoms with Gasteiger partial charge in [0, 0.05) is 37.9 Å². The van der Waals surface area contributed by atoms with Crippen LogP contribution in [0.15, 0.2) is 36.7 Å². The van der Waals surface area contributed by atoms with E-state index in [2.05, 4.69) is 25.4 Å². The first kappa shape index (κ1) is 20.1. The fourth-order valence-electron chi connectivity index (χ4n) is 3.72. The van der Waals surface area contributed by atoms with Crippen molar-refractivity contribution in [2.45, 2.75) is 31.9 Å². The number of nitrogens with one attached hydrogen (secondary N) is 1. The molecule has 4 rings (SSSR count). The Kier molecular flexibility index (Phi) is 5.31. The second-order valence-corrected chi connectivity index (χ2v) is 7.25. The minimum atomic E-state index is -4.43. The smallest absolute Gasteiger partial charge is 0.356 e. The summed E-state index contributed by atoms with van der Waals surface area (Å²) in [6.45, 7) is 3.72. The molecule has 3 aromatic heterocycles. The molecule has 0 aliphatic carbocycles. The first-order valence-corrected chi connectivity index (χ1v) is 9.78. The van der Waals surface area contributed by atoms with Crippen LogP contribution in [0.2, 0.25) is 0 Å². The summed E-state index contributed by atoms with van der Waals surface area (Å²) in [7, 11) is 0. The number of anilines is 1. The fraction of sp³-hybridized carbons (Fsp3) is 0.400. The van der Waals surface area contributed by atoms with Crippen molar-refractivity contribution in [3.05, 3.63) is 53.6 Å². The average Bonchev–Trinajstić information content (AvgIpc) is 3.17. The van der Waals surface area contributed by atoms with Crippen molar-refractivity contribution >= 4 is 17.4 Å². The number of piperidine rings is 1. The maximum absolute atomic E-state index is 13.1. The minimum Gasteiger partial charge on any atom is -0.356 e. The van der Waals surface area contributed by atoms with Gasteiger partial charge in [-0.1, -0.05) is 0 Å². The van der Waals surface area contributed by atoms with Crippen LogP contribution in [-0.4, -0.2) is 45.1 Å². The highest BCUT2D eigenvalue weighted by Gasteiger charge is 2.32. The van der Waals surface area contributed by atoms with Crippen molar-refractivity contribution < 1.29 is 18.0 Å². The Hall–Kier alpha value is -3.17. The van der Waals surface area contributed by atoms with Crippen LogP contribution in [0.3, 0.4) is 0 Å². The van der Waals surface area contributed by atoms with Gasteiger partial charge in [0.15, 0.2) is 5.65 Å². The molecule has 1 atom stereocenters. The van der Waals surface area contributed by atoms with E-state index in [1.807, 2.05) is 6.92 Å². The van der Waals surface area contributed by atoms with E-state index in [0.717, 1.165) is 37.5 Å². The molecule has 10 heteroatoms. The van der Waals surface area contributed by atoms with E-state index < -0.39 is 11.7 Å². The summed E-state index contributed by atoms with van der Waals surface area (Å²) < 4.78 is 40.8. The van der Waals surface area contributed by atoms with Gasteiger partial charge < -0.3 is 10.2 Å². The number of amides is 1. The van der Waals surface area contributed by atoms with Gasteiger partial charge in [0.05, 0.1) is 11.1 Å². The second kappa shape index (κ2) is 7.92. The third-order valence-corrected chi connectivity index (χ3v) is 5.21. The number of pyridine rings is 2. The average molecular weight is 418 g/mol. The molecule has 0 saturated carbocycles. The summed E-state index contributed by atoms with van der Waals surface area (Å²) in [6, 6.07) is 5.86. The van der Waals surface area contributed by atoms with Crippen LogP contribution < -0.4 is 10.2 Å². The van der Waals surface area contributed by atoms with E-state index in [1.54, 1.807) is 12.1 Å². The molecular weight excluding hydrogens is 397 g/mol. The largest absolute Gasteiger partial charge is 0.417 e. The number of hydrogen-bond donors (Lipinski definition) is 1. The number of carbonyl (C=O) groups excluding carboxylic acids is 1. The van der Waals surface area contributed by atoms with Crippen LogP contribution in [0.25, 0.3) is 5.65 Å². The summed E-state index contributed by atoms with van der Waals surface area (Å²) in [4.78, 5) is 18.4. The Labute approximate surface area is 170 Å². The number of hydrogen-bond acceptors (Lipinski definition) is 5. The molecule has 4 heterocycles. The van der Waals surface area contributed by atoms with Crippen LogP contribution in [0.4, 0.5) is 19.0 Å². The van der Waals surface area contributed by atoms with Gasteiger partial charge in [0.25, 0.3) is 5.91 Å². The molecule has 0 bridgehead atoms. The van der Waals surface area contributed by atoms with Gasteiger partial charge >= 0.3 is 6.18 Å². The van der Waals surface area contributed by atoms with E-state index in [1.165, 1.54) is 16.7 Å². The molecule has 1 fully saturated rings. The maximum atomic E-state index is 13.1. The standard InChI is InChI=1S/C20H21F3N6O/c1-2-24-19(30)13-5-7-16(25-10-13)28-9-3-4-14(11-28)18-27-26-17-8-6-15(12-29(17)18)20(21,22)23/h5-8,10,12,14H,2-4,9,11H2,1H3,(H,24,30). The number of carbonyl (C=O) groups is 1. The molecule has 0 radical (unpaired) electrons. The lowest BCUT2D eigenvalue weighted by atomic mass is 9.97. The fourth-order valence-corrected chi connectivity index (χ4v) is 3.72. The topological polar surface area (TPSA) is 75.4 Å². The summed E-state index contributed by atoms with van der Waals surface area (Å²) in [5.74, 6) is 0.975. The van der Waals surface area contributed by atoms with E-state index in [0.29, 0.717) is 30.1 Å². The molecule has 1 aliphatic heterocycles. The summed E-state index contributed by atoms with van der Waals surface area (Å²) in [6.07, 6.45) is -0.193. The van der Waals surface area contributed by atoms with Crippen molar-refractivity contribution in [3.63, 3.8) is 0 Å². The normalized spacial score (nSPS) is 17.3. The molecule has 0 aromatic carbocycles. The van der Waals surface area contributed by atoms with Gasteiger partial charge in [-0.25, -0.2) is 4.98 Å². The van der Waals surface area contributed by atoms with Gasteiger partial charge in [-0.3, -0.25) is 9.20 Å². The first-order chi connectivity index (χ1) is 14.4. The molecular formula is C20H21F3N6O. The lowest BCUT2D eigenvalue weighted by Gasteiger charge is -2.32. The third-order valence-electron chi connectivity index (χ3n) is 5.21. The third kappa shape index (κ3) is 3.94. The number of fused-ring (bicyclic) bond motifs is 1. The molecule has 30 heavy (non-hydrogen) atoms. The zero-order valence-electron chi connectivity index (χ0n) is 16.4. The molecule has 1 amide bonds. The van der Waals surface area contributed by atoms with Crippen LogP contribution >= 0.6 is 0 Å². The number of alkyl halides is 3. The summed E-state index contributed by atoms with van der Waals surface area (Å²) in [5, 5.41) is 10.9. The van der Waals surface area contributed by atoms with E-state index >= 15 is 0 Å². The Morgan fingerprint density at radius 2 is 2.07 bits per heavy atom. The lowest BCUT2D eigenvalue weighted by Crippen LogP contribution is -2.35. The van der Waals surface area contributed by atoms with Crippen LogP contribution in [0.5, 0.6) is 0 Å². The van der Waals surface area contributed by atoms with Crippen molar-refractivity contribution in [3.8, 4) is 0 Å². The molecule has 1 N–H and O–H groups in total. The number of aromatic nitrogens is 4. The first-order valence-electron chi connectivity index (χ1n) is 9.78. The van der Waals surface area contributed by atoms with Crippen LogP contribution in [0.1, 0.15) is 47.4 Å². The SMILES string of the molecule is CCNC(=O)c1ccc(N2CCCC(c3nnc4ccc(C(F)(F)F)cn34)C2)nc1. The van der Waals surface area contributed by atoms with Gasteiger partial charge in [-0.15, -0.1) is 10.2 Å². The van der Waals surface area contributed by atoms with Crippen molar-refractivity contribution in [2.75, 3.05) is 24.5 Å². The predicted octanol–water partition coefficient (Wildman–Crippen LogP) is 3.28. The Bertz CT molecular complexity index is 1050. The van der Waals surface area contributed by atoms with Crippen LogP contribution in [-0.2, 0) is 6.18 Å². The zero-order valence-corrected chi connectivity index (χ0v) is 16.4. The lowest BCUT2D eigenvalue weighted by molar-refractivity contribution is -0.137. The highest BCUT2D eigenvalue weighted by atomic mass is 19.4. The van der Waals surface area contributed by atoms with E-state index in [-0.39, 0.29) is 11.8 Å². The van der Waals surface area contributed by atoms with Crippen molar-refractivity contribution in [1.29, 1.82) is 0 Å². The van der Waals surface area contributed by atoms with Crippen molar-refractivity contribution in [1.82, 2.24) is 24.9 Å². The monoisotopic (exact) mass is 418 g/mol. The Balaban J connectivity index is 1.56. The summed E-state index contributed by atoms with van der Waals surface area (Å²) in [5.41, 5.74) is 0.142. The van der Waals surface area contributed by atoms with Gasteiger partial charge in [-0.2, -0.15) is 13.2 Å². The zero-order chi connectivity index (χ0) is 21.3. The number of halogens is 3. The Morgan fingerprint density at radius 3 is 2.77 bits per heavy atom. The van der Waals surface area contributed by atoms with Gasteiger partial charge in [-0.05, 0) is 44.0 Å². The molecule has 1 aliphatic rings. The molecule has 0 spiro atoms. The second-order valence-electron chi connectivity index (χ2n) is 7.25. The Morgan fingerprint density at radius 1 is 1.23 bits per heavy atom. The summed E-state index contributed by atoms with van der Waals surface area (Å²) >= 11 is 0. The highest BCUT2D eigenvalue weighted by molar-refractivity contribution is 5.94. The highest BCUT2D eigenvalue weighted by Crippen LogP contribution is 2.32. The molecule has 7 nitrogen and oxygen atoms in total. The molecule has 158 valence electrons.